The van der Waals surface area contributed by atoms with Gasteiger partial charge in [0.25, 0.3) is 0 Å². The lowest BCUT2D eigenvalue weighted by Crippen LogP contribution is -2.60. The maximum Gasteiger partial charge on any atom is 0.414 e. The standard InChI is InChI=1S/C19H28FN3O2.C2H2O4/c1-4-21-19(25)23-13-14(2)22(12-15(23)3)11-5-6-18(24)16-7-9-17(20)10-8-16;3-1(4)2(5)6/h7-10,14-15H,4-6,11-13H2,1-3H3,(H,21,25);(H,3,4)(H,5,6)/t14-,15+;/m0./s1. The van der Waals surface area contributed by atoms with E-state index in [2.05, 4.69) is 24.1 Å². The van der Waals surface area contributed by atoms with Crippen molar-refractivity contribution in [1.82, 2.24) is 15.1 Å². The van der Waals surface area contributed by atoms with Gasteiger partial charge in [0.15, 0.2) is 5.78 Å². The quantitative estimate of drug-likeness (QED) is 0.457. The third-order valence-corrected chi connectivity index (χ3v) is 4.90. The van der Waals surface area contributed by atoms with Crippen LogP contribution in [0.1, 0.15) is 44.0 Å². The second-order valence-corrected chi connectivity index (χ2v) is 7.32. The minimum atomic E-state index is -1.82. The van der Waals surface area contributed by atoms with E-state index >= 15 is 0 Å². The zero-order valence-corrected chi connectivity index (χ0v) is 18.0. The van der Waals surface area contributed by atoms with Gasteiger partial charge in [-0.15, -0.1) is 0 Å². The predicted molar refractivity (Wildman–Crippen MR) is 112 cm³/mol. The Morgan fingerprint density at radius 2 is 1.61 bits per heavy atom. The van der Waals surface area contributed by atoms with Gasteiger partial charge in [-0.3, -0.25) is 9.69 Å². The summed E-state index contributed by atoms with van der Waals surface area (Å²) in [7, 11) is 0. The lowest BCUT2D eigenvalue weighted by molar-refractivity contribution is -0.159. The molecule has 1 aliphatic rings. The van der Waals surface area contributed by atoms with Crippen molar-refractivity contribution in [2.24, 2.45) is 0 Å². The Balaban J connectivity index is 0.000000703. The molecule has 1 saturated heterocycles. The Labute approximate surface area is 180 Å². The zero-order valence-electron chi connectivity index (χ0n) is 18.0. The van der Waals surface area contributed by atoms with Crippen molar-refractivity contribution in [2.75, 3.05) is 26.2 Å². The van der Waals surface area contributed by atoms with Crippen LogP contribution in [0.25, 0.3) is 0 Å². The third kappa shape index (κ3) is 8.71. The van der Waals surface area contributed by atoms with Crippen LogP contribution in [0.15, 0.2) is 24.3 Å². The number of hydrogen-bond acceptors (Lipinski definition) is 5. The van der Waals surface area contributed by atoms with E-state index in [1.54, 1.807) is 0 Å². The van der Waals surface area contributed by atoms with E-state index in [4.69, 9.17) is 19.8 Å². The number of benzene rings is 1. The summed E-state index contributed by atoms with van der Waals surface area (Å²) < 4.78 is 12.9. The van der Waals surface area contributed by atoms with Crippen molar-refractivity contribution in [3.63, 3.8) is 0 Å². The fourth-order valence-corrected chi connectivity index (χ4v) is 3.27. The van der Waals surface area contributed by atoms with Crippen LogP contribution >= 0.6 is 0 Å². The Hall–Kier alpha value is -3.01. The summed E-state index contributed by atoms with van der Waals surface area (Å²) >= 11 is 0. The molecule has 2 rings (SSSR count). The Kier molecular flexibility index (Phi) is 10.6. The van der Waals surface area contributed by atoms with Crippen LogP contribution in [0, 0.1) is 5.82 Å². The molecule has 9 nitrogen and oxygen atoms in total. The molecule has 2 amide bonds. The van der Waals surface area contributed by atoms with Gasteiger partial charge in [-0.1, -0.05) is 0 Å². The van der Waals surface area contributed by atoms with Gasteiger partial charge in [0.2, 0.25) is 0 Å². The number of ketones is 1. The van der Waals surface area contributed by atoms with Gasteiger partial charge in [0.1, 0.15) is 5.82 Å². The summed E-state index contributed by atoms with van der Waals surface area (Å²) in [5.41, 5.74) is 0.559. The second kappa shape index (κ2) is 12.6. The summed E-state index contributed by atoms with van der Waals surface area (Å²) in [6.07, 6.45) is 1.21. The number of halogens is 1. The third-order valence-electron chi connectivity index (χ3n) is 4.90. The summed E-state index contributed by atoms with van der Waals surface area (Å²) in [5, 5.41) is 17.6. The van der Waals surface area contributed by atoms with Crippen molar-refractivity contribution in [2.45, 2.75) is 45.7 Å². The molecule has 10 heteroatoms. The van der Waals surface area contributed by atoms with E-state index in [1.807, 2.05) is 11.8 Å². The molecule has 3 N–H and O–H groups in total. The van der Waals surface area contributed by atoms with E-state index in [0.717, 1.165) is 19.5 Å². The van der Waals surface area contributed by atoms with Crippen LogP contribution < -0.4 is 5.32 Å². The number of carboxylic acid groups (broad SMARTS) is 2. The van der Waals surface area contributed by atoms with E-state index < -0.39 is 11.9 Å². The highest BCUT2D eigenvalue weighted by Gasteiger charge is 2.31. The number of nitrogens with zero attached hydrogens (tertiary/aromatic N) is 2. The largest absolute Gasteiger partial charge is 0.473 e. The number of hydrogen-bond donors (Lipinski definition) is 3. The molecule has 1 aromatic rings. The van der Waals surface area contributed by atoms with Crippen LogP contribution in [-0.4, -0.2) is 82.0 Å². The number of urea groups is 1. The fraction of sp³-hybridized carbons (Fsp3) is 0.524. The summed E-state index contributed by atoms with van der Waals surface area (Å²) in [6.45, 7) is 9.04. The first-order valence-corrected chi connectivity index (χ1v) is 10.1. The smallest absolute Gasteiger partial charge is 0.414 e. The molecule has 172 valence electrons. The van der Waals surface area contributed by atoms with Crippen LogP contribution in [0.4, 0.5) is 9.18 Å². The molecule has 0 bridgehead atoms. The highest BCUT2D eigenvalue weighted by atomic mass is 19.1. The molecule has 0 saturated carbocycles. The van der Waals surface area contributed by atoms with E-state index in [0.29, 0.717) is 25.1 Å². The molecule has 1 aromatic carbocycles. The van der Waals surface area contributed by atoms with Crippen molar-refractivity contribution >= 4 is 23.8 Å². The molecule has 0 aliphatic carbocycles. The molecule has 1 heterocycles. The number of carbonyl (C=O) groups excluding carboxylic acids is 2. The molecule has 1 fully saturated rings. The molecule has 0 spiro atoms. The molecule has 31 heavy (non-hydrogen) atoms. The monoisotopic (exact) mass is 439 g/mol. The van der Waals surface area contributed by atoms with E-state index in [1.165, 1.54) is 24.3 Å². The predicted octanol–water partition coefficient (Wildman–Crippen LogP) is 2.07. The number of carbonyl (C=O) groups is 4. The lowest BCUT2D eigenvalue weighted by atomic mass is 10.0. The number of nitrogens with one attached hydrogen (secondary N) is 1. The average molecular weight is 439 g/mol. The average Bonchev–Trinajstić information content (AvgIpc) is 2.71. The van der Waals surface area contributed by atoms with Crippen LogP contribution in [0.3, 0.4) is 0 Å². The Bertz CT molecular complexity index is 759. The molecule has 2 atom stereocenters. The maximum atomic E-state index is 12.9. The molecule has 0 aromatic heterocycles. The van der Waals surface area contributed by atoms with Gasteiger partial charge in [0.05, 0.1) is 0 Å². The molecule has 1 aliphatic heterocycles. The Morgan fingerprint density at radius 3 is 2.13 bits per heavy atom. The number of rotatable bonds is 6. The van der Waals surface area contributed by atoms with Crippen LogP contribution in [0.2, 0.25) is 0 Å². The summed E-state index contributed by atoms with van der Waals surface area (Å²) in [5.74, 6) is -3.93. The number of Topliss-reactive ketones (excluding diaryl/α,β-unsaturated/α-hetero) is 1. The lowest BCUT2D eigenvalue weighted by Gasteiger charge is -2.44. The summed E-state index contributed by atoms with van der Waals surface area (Å²) in [4.78, 5) is 46.6. The Morgan fingerprint density at radius 1 is 1.03 bits per heavy atom. The second-order valence-electron chi connectivity index (χ2n) is 7.32. The van der Waals surface area contributed by atoms with Gasteiger partial charge in [-0.25, -0.2) is 18.8 Å². The number of piperazine rings is 1. The van der Waals surface area contributed by atoms with Crippen LogP contribution in [-0.2, 0) is 9.59 Å². The van der Waals surface area contributed by atoms with Gasteiger partial charge in [0, 0.05) is 43.7 Å². The first-order chi connectivity index (χ1) is 14.6. The summed E-state index contributed by atoms with van der Waals surface area (Å²) in [6, 6.07) is 6.11. The van der Waals surface area contributed by atoms with Gasteiger partial charge < -0.3 is 20.4 Å². The van der Waals surface area contributed by atoms with Crippen molar-refractivity contribution in [1.29, 1.82) is 0 Å². The number of amides is 2. The van der Waals surface area contributed by atoms with Crippen molar-refractivity contribution < 1.29 is 33.8 Å². The SMILES string of the molecule is CCNC(=O)N1C[C@H](C)N(CCCC(=O)c2ccc(F)cc2)C[C@H]1C.O=C(O)C(=O)O. The maximum absolute atomic E-state index is 12.9. The minimum absolute atomic E-state index is 0.00649. The molecular weight excluding hydrogens is 409 g/mol. The highest BCUT2D eigenvalue weighted by Crippen LogP contribution is 2.17. The van der Waals surface area contributed by atoms with E-state index in [-0.39, 0.29) is 29.7 Å². The molecular formula is C21H30FN3O6. The normalized spacial score (nSPS) is 18.5. The van der Waals surface area contributed by atoms with Crippen molar-refractivity contribution in [3.8, 4) is 0 Å². The van der Waals surface area contributed by atoms with Crippen molar-refractivity contribution in [3.05, 3.63) is 35.6 Å². The first kappa shape index (κ1) is 26.0. The minimum Gasteiger partial charge on any atom is -0.473 e. The fourth-order valence-electron chi connectivity index (χ4n) is 3.27. The molecule has 0 radical (unpaired) electrons. The number of carboxylic acids is 2. The molecule has 0 unspecified atom stereocenters. The van der Waals surface area contributed by atoms with Gasteiger partial charge in [-0.2, -0.15) is 0 Å². The van der Waals surface area contributed by atoms with Gasteiger partial charge >= 0.3 is 18.0 Å². The topological polar surface area (TPSA) is 127 Å². The van der Waals surface area contributed by atoms with Crippen LogP contribution in [0.5, 0.6) is 0 Å². The van der Waals surface area contributed by atoms with E-state index in [9.17, 15) is 14.0 Å². The highest BCUT2D eigenvalue weighted by molar-refractivity contribution is 6.27. The van der Waals surface area contributed by atoms with Gasteiger partial charge in [-0.05, 0) is 58.0 Å². The number of aliphatic carboxylic acids is 2. The first-order valence-electron chi connectivity index (χ1n) is 10.1. The zero-order chi connectivity index (χ0) is 23.6.